The van der Waals surface area contributed by atoms with Crippen LogP contribution in [0.1, 0.15) is 25.7 Å². The molecule has 4 heteroatoms. The van der Waals surface area contributed by atoms with Crippen molar-refractivity contribution in [2.45, 2.75) is 36.2 Å². The molecule has 0 spiro atoms. The summed E-state index contributed by atoms with van der Waals surface area (Å²) in [6.45, 7) is 0. The summed E-state index contributed by atoms with van der Waals surface area (Å²) in [5.74, 6) is 0. The average molecular weight is 203 g/mol. The fraction of sp³-hybridized carbons (Fsp3) is 0.875. The Morgan fingerprint density at radius 1 is 1.33 bits per heavy atom. The predicted molar refractivity (Wildman–Crippen MR) is 55.3 cm³/mol. The Labute approximate surface area is 81.7 Å². The molecule has 0 amide bonds. The third kappa shape index (κ3) is 2.85. The summed E-state index contributed by atoms with van der Waals surface area (Å²) in [7, 11) is 0. The third-order valence-corrected chi connectivity index (χ3v) is 4.53. The molecule has 0 aromatic rings. The van der Waals surface area contributed by atoms with Gasteiger partial charge in [-0.2, -0.15) is 11.8 Å². The molecule has 0 saturated heterocycles. The van der Waals surface area contributed by atoms with Crippen molar-refractivity contribution < 1.29 is 4.79 Å². The SMILES string of the molecule is CSC1CCCCC1SN=C=O. The average Bonchev–Trinajstić information content (AvgIpc) is 2.15. The van der Waals surface area contributed by atoms with Gasteiger partial charge in [0.2, 0.25) is 6.08 Å². The number of thioether (sulfide) groups is 1. The molecule has 0 heterocycles. The maximum atomic E-state index is 9.92. The predicted octanol–water partition coefficient (Wildman–Crippen LogP) is 2.64. The van der Waals surface area contributed by atoms with E-state index in [-0.39, 0.29) is 0 Å². The van der Waals surface area contributed by atoms with E-state index in [1.54, 1.807) is 6.08 Å². The van der Waals surface area contributed by atoms with Gasteiger partial charge in [-0.3, -0.25) is 0 Å². The van der Waals surface area contributed by atoms with E-state index in [2.05, 4.69) is 10.7 Å². The molecule has 0 aromatic carbocycles. The van der Waals surface area contributed by atoms with E-state index in [0.29, 0.717) is 10.5 Å². The third-order valence-electron chi connectivity index (χ3n) is 2.17. The van der Waals surface area contributed by atoms with Crippen LogP contribution in [0.2, 0.25) is 0 Å². The highest BCUT2D eigenvalue weighted by Gasteiger charge is 2.24. The first-order valence-corrected chi connectivity index (χ1v) is 6.26. The molecule has 1 aliphatic carbocycles. The highest BCUT2D eigenvalue weighted by Crippen LogP contribution is 2.35. The number of rotatable bonds is 3. The minimum absolute atomic E-state index is 0.537. The van der Waals surface area contributed by atoms with E-state index in [1.807, 2.05) is 11.8 Å². The van der Waals surface area contributed by atoms with E-state index in [9.17, 15) is 4.79 Å². The van der Waals surface area contributed by atoms with Crippen LogP contribution < -0.4 is 0 Å². The molecule has 12 heavy (non-hydrogen) atoms. The molecule has 1 aliphatic rings. The summed E-state index contributed by atoms with van der Waals surface area (Å²) in [6.07, 6.45) is 8.80. The van der Waals surface area contributed by atoms with E-state index >= 15 is 0 Å². The zero-order valence-electron chi connectivity index (χ0n) is 7.16. The van der Waals surface area contributed by atoms with Crippen LogP contribution in [0.3, 0.4) is 0 Å². The lowest BCUT2D eigenvalue weighted by Gasteiger charge is -2.27. The minimum atomic E-state index is 0.537. The maximum absolute atomic E-state index is 9.92. The number of hydrogen-bond acceptors (Lipinski definition) is 4. The lowest BCUT2D eigenvalue weighted by Crippen LogP contribution is -2.23. The van der Waals surface area contributed by atoms with E-state index in [0.717, 1.165) is 0 Å². The molecule has 1 rings (SSSR count). The Balaban J connectivity index is 2.40. The van der Waals surface area contributed by atoms with Gasteiger partial charge >= 0.3 is 0 Å². The Morgan fingerprint density at radius 2 is 2.00 bits per heavy atom. The second kappa shape index (κ2) is 5.68. The number of carbonyl (C=O) groups excluding carboxylic acids is 1. The molecule has 0 bridgehead atoms. The molecule has 0 N–H and O–H groups in total. The first-order valence-electron chi connectivity index (χ1n) is 4.14. The van der Waals surface area contributed by atoms with Crippen LogP contribution >= 0.6 is 23.7 Å². The number of hydrogen-bond donors (Lipinski definition) is 0. The normalized spacial score (nSPS) is 29.4. The van der Waals surface area contributed by atoms with Gasteiger partial charge in [0.25, 0.3) is 0 Å². The maximum Gasteiger partial charge on any atom is 0.247 e. The van der Waals surface area contributed by atoms with Gasteiger partial charge in [-0.15, -0.1) is 4.40 Å². The van der Waals surface area contributed by atoms with Gasteiger partial charge in [-0.05, 0) is 31.0 Å². The van der Waals surface area contributed by atoms with Crippen molar-refractivity contribution in [2.75, 3.05) is 6.26 Å². The first-order chi connectivity index (χ1) is 5.88. The molecule has 2 unspecified atom stereocenters. The van der Waals surface area contributed by atoms with Crippen molar-refractivity contribution in [1.29, 1.82) is 0 Å². The zero-order chi connectivity index (χ0) is 8.81. The minimum Gasteiger partial charge on any atom is -0.210 e. The topological polar surface area (TPSA) is 29.4 Å². The van der Waals surface area contributed by atoms with Crippen LogP contribution in [0.25, 0.3) is 0 Å². The van der Waals surface area contributed by atoms with Crippen molar-refractivity contribution in [1.82, 2.24) is 0 Å². The summed E-state index contributed by atoms with van der Waals surface area (Å²) < 4.78 is 3.59. The van der Waals surface area contributed by atoms with Gasteiger partial charge in [-0.1, -0.05) is 12.8 Å². The fourth-order valence-corrected chi connectivity index (χ4v) is 3.59. The fourth-order valence-electron chi connectivity index (χ4n) is 1.54. The van der Waals surface area contributed by atoms with Crippen LogP contribution in [0.4, 0.5) is 0 Å². The molecule has 1 fully saturated rings. The lowest BCUT2D eigenvalue weighted by molar-refractivity contribution is 0.528. The van der Waals surface area contributed by atoms with Crippen LogP contribution in [0.15, 0.2) is 4.40 Å². The summed E-state index contributed by atoms with van der Waals surface area (Å²) in [5, 5.41) is 1.22. The summed E-state index contributed by atoms with van der Waals surface area (Å²) in [4.78, 5) is 9.92. The number of isocyanates is 1. The first kappa shape index (κ1) is 10.2. The number of nitrogens with zero attached hydrogens (tertiary/aromatic N) is 1. The summed E-state index contributed by atoms with van der Waals surface area (Å²) in [5.41, 5.74) is 0. The molecule has 68 valence electrons. The van der Waals surface area contributed by atoms with Gasteiger partial charge in [0.05, 0.1) is 0 Å². The Hall–Kier alpha value is 0.0800. The van der Waals surface area contributed by atoms with Gasteiger partial charge in [0.1, 0.15) is 0 Å². The molecule has 2 nitrogen and oxygen atoms in total. The highest BCUT2D eigenvalue weighted by molar-refractivity contribution is 8.02. The van der Waals surface area contributed by atoms with Crippen molar-refractivity contribution in [3.63, 3.8) is 0 Å². The van der Waals surface area contributed by atoms with E-state index in [4.69, 9.17) is 0 Å². The van der Waals surface area contributed by atoms with Crippen molar-refractivity contribution in [2.24, 2.45) is 4.40 Å². The lowest BCUT2D eigenvalue weighted by atomic mass is 10.00. The second-order valence-corrected chi connectivity index (χ2v) is 4.96. The molecule has 2 atom stereocenters. The van der Waals surface area contributed by atoms with Crippen molar-refractivity contribution in [3.8, 4) is 0 Å². The van der Waals surface area contributed by atoms with E-state index in [1.165, 1.54) is 37.6 Å². The zero-order valence-corrected chi connectivity index (χ0v) is 8.79. The molecule has 0 aromatic heterocycles. The molecule has 1 saturated carbocycles. The second-order valence-electron chi connectivity index (χ2n) is 2.89. The van der Waals surface area contributed by atoms with E-state index < -0.39 is 0 Å². The standard InChI is InChI=1S/C8H13NOS2/c1-11-7-4-2-3-5-8(7)12-9-6-10/h7-8H,2-5H2,1H3. The highest BCUT2D eigenvalue weighted by atomic mass is 32.2. The Kier molecular flexibility index (Phi) is 4.81. The van der Waals surface area contributed by atoms with Gasteiger partial charge in [0.15, 0.2) is 0 Å². The van der Waals surface area contributed by atoms with Crippen LogP contribution in [-0.2, 0) is 4.79 Å². The van der Waals surface area contributed by atoms with Crippen LogP contribution in [0.5, 0.6) is 0 Å². The van der Waals surface area contributed by atoms with Gasteiger partial charge < -0.3 is 0 Å². The van der Waals surface area contributed by atoms with Crippen molar-refractivity contribution in [3.05, 3.63) is 0 Å². The van der Waals surface area contributed by atoms with Crippen molar-refractivity contribution >= 4 is 29.8 Å². The molecular formula is C8H13NOS2. The van der Waals surface area contributed by atoms with Crippen LogP contribution in [-0.4, -0.2) is 22.8 Å². The van der Waals surface area contributed by atoms with Gasteiger partial charge in [0, 0.05) is 10.5 Å². The summed E-state index contributed by atoms with van der Waals surface area (Å²) >= 11 is 3.30. The smallest absolute Gasteiger partial charge is 0.210 e. The monoisotopic (exact) mass is 203 g/mol. The van der Waals surface area contributed by atoms with Crippen LogP contribution in [0, 0.1) is 0 Å². The quantitative estimate of drug-likeness (QED) is 0.401. The molecule has 0 radical (unpaired) electrons. The Bertz CT molecular complexity index is 180. The molecule has 0 aliphatic heterocycles. The Morgan fingerprint density at radius 3 is 2.58 bits per heavy atom. The van der Waals surface area contributed by atoms with Gasteiger partial charge in [-0.25, -0.2) is 4.79 Å². The summed E-state index contributed by atoms with van der Waals surface area (Å²) in [6, 6.07) is 0. The molecular weight excluding hydrogens is 190 g/mol. The largest absolute Gasteiger partial charge is 0.247 e.